The normalized spacial score (nSPS) is 12.2. The van der Waals surface area contributed by atoms with E-state index in [0.717, 1.165) is 31.1 Å². The van der Waals surface area contributed by atoms with Gasteiger partial charge in [0.2, 0.25) is 0 Å². The van der Waals surface area contributed by atoms with Crippen LogP contribution in [0.5, 0.6) is 11.5 Å². The highest BCUT2D eigenvalue weighted by atomic mass is 16.5. The third kappa shape index (κ3) is 4.55. The van der Waals surface area contributed by atoms with E-state index in [1.807, 2.05) is 12.1 Å². The molecule has 0 fully saturated rings. The number of nitrogens with one attached hydrogen (secondary N) is 1. The number of ether oxygens (including phenoxy) is 3. The summed E-state index contributed by atoms with van der Waals surface area (Å²) in [5.74, 6) is 1.54. The van der Waals surface area contributed by atoms with Gasteiger partial charge in [0, 0.05) is 19.7 Å². The molecule has 1 atom stereocenters. The Hall–Kier alpha value is -1.26. The van der Waals surface area contributed by atoms with Crippen LogP contribution in [0.1, 0.15) is 12.5 Å². The molecule has 1 unspecified atom stereocenters. The Morgan fingerprint density at radius 3 is 2.44 bits per heavy atom. The molecule has 0 saturated carbocycles. The zero-order chi connectivity index (χ0) is 13.4. The van der Waals surface area contributed by atoms with Gasteiger partial charge in [0.05, 0.1) is 20.8 Å². The van der Waals surface area contributed by atoms with E-state index in [-0.39, 0.29) is 0 Å². The molecule has 18 heavy (non-hydrogen) atoms. The van der Waals surface area contributed by atoms with Crippen LogP contribution in [0.4, 0.5) is 0 Å². The van der Waals surface area contributed by atoms with Gasteiger partial charge in [0.1, 0.15) is 0 Å². The predicted molar refractivity (Wildman–Crippen MR) is 72.6 cm³/mol. The second-order valence-corrected chi connectivity index (χ2v) is 4.24. The van der Waals surface area contributed by atoms with Crippen molar-refractivity contribution >= 4 is 0 Å². The molecule has 1 aromatic carbocycles. The lowest BCUT2D eigenvalue weighted by Gasteiger charge is -2.15. The first-order valence-electron chi connectivity index (χ1n) is 6.14. The molecule has 0 bridgehead atoms. The van der Waals surface area contributed by atoms with Crippen LogP contribution in [-0.4, -0.2) is 40.5 Å². The topological polar surface area (TPSA) is 39.7 Å². The van der Waals surface area contributed by atoms with Gasteiger partial charge < -0.3 is 19.5 Å². The fourth-order valence-electron chi connectivity index (χ4n) is 1.84. The molecule has 1 N–H and O–H groups in total. The smallest absolute Gasteiger partial charge is 0.160 e. The van der Waals surface area contributed by atoms with Gasteiger partial charge in [-0.3, -0.25) is 0 Å². The van der Waals surface area contributed by atoms with Crippen LogP contribution in [0.25, 0.3) is 0 Å². The van der Waals surface area contributed by atoms with Crippen molar-refractivity contribution in [3.63, 3.8) is 0 Å². The van der Waals surface area contributed by atoms with Crippen LogP contribution < -0.4 is 14.8 Å². The maximum absolute atomic E-state index is 5.29. The third-order valence-corrected chi connectivity index (χ3v) is 2.79. The van der Waals surface area contributed by atoms with E-state index in [0.29, 0.717) is 6.04 Å². The molecule has 0 spiro atoms. The second-order valence-electron chi connectivity index (χ2n) is 4.24. The van der Waals surface area contributed by atoms with Gasteiger partial charge >= 0.3 is 0 Å². The molecule has 0 aromatic heterocycles. The number of hydrogen-bond donors (Lipinski definition) is 1. The van der Waals surface area contributed by atoms with Crippen molar-refractivity contribution in [2.75, 3.05) is 34.5 Å². The van der Waals surface area contributed by atoms with E-state index in [2.05, 4.69) is 18.3 Å². The lowest BCUT2D eigenvalue weighted by molar-refractivity contribution is 0.196. The van der Waals surface area contributed by atoms with Crippen LogP contribution in [0, 0.1) is 0 Å². The summed E-state index contributed by atoms with van der Waals surface area (Å²) in [6, 6.07) is 6.43. The molecule has 0 aliphatic heterocycles. The summed E-state index contributed by atoms with van der Waals surface area (Å²) >= 11 is 0. The van der Waals surface area contributed by atoms with Crippen LogP contribution in [0.2, 0.25) is 0 Å². The van der Waals surface area contributed by atoms with E-state index in [9.17, 15) is 0 Å². The lowest BCUT2D eigenvalue weighted by atomic mass is 10.1. The van der Waals surface area contributed by atoms with Crippen molar-refractivity contribution in [3.05, 3.63) is 23.8 Å². The zero-order valence-electron chi connectivity index (χ0n) is 11.7. The molecule has 102 valence electrons. The van der Waals surface area contributed by atoms with E-state index in [4.69, 9.17) is 14.2 Å². The Morgan fingerprint density at radius 1 is 1.11 bits per heavy atom. The molecule has 0 amide bonds. The zero-order valence-corrected chi connectivity index (χ0v) is 11.7. The number of benzene rings is 1. The first-order valence-corrected chi connectivity index (χ1v) is 6.14. The van der Waals surface area contributed by atoms with Crippen molar-refractivity contribution in [1.82, 2.24) is 5.32 Å². The first-order chi connectivity index (χ1) is 8.71. The molecule has 0 saturated heterocycles. The summed E-state index contributed by atoms with van der Waals surface area (Å²) in [5.41, 5.74) is 1.23. The van der Waals surface area contributed by atoms with Crippen LogP contribution in [-0.2, 0) is 11.2 Å². The Bertz CT molecular complexity index is 355. The monoisotopic (exact) mass is 253 g/mol. The maximum Gasteiger partial charge on any atom is 0.160 e. The molecule has 1 aromatic rings. The van der Waals surface area contributed by atoms with Crippen molar-refractivity contribution in [2.45, 2.75) is 19.4 Å². The van der Waals surface area contributed by atoms with E-state index in [1.165, 1.54) is 5.56 Å². The average Bonchev–Trinajstić information content (AvgIpc) is 2.39. The Morgan fingerprint density at radius 2 is 1.83 bits per heavy atom. The summed E-state index contributed by atoms with van der Waals surface area (Å²) in [6.07, 6.45) is 0.948. The Labute approximate surface area is 109 Å². The highest BCUT2D eigenvalue weighted by molar-refractivity contribution is 5.43. The van der Waals surface area contributed by atoms with Crippen LogP contribution in [0.3, 0.4) is 0 Å². The Balaban J connectivity index is 2.56. The molecule has 0 aliphatic carbocycles. The van der Waals surface area contributed by atoms with E-state index >= 15 is 0 Å². The number of methoxy groups -OCH3 is 3. The molecule has 4 nitrogen and oxygen atoms in total. The first kappa shape index (κ1) is 14.8. The van der Waals surface area contributed by atoms with E-state index in [1.54, 1.807) is 21.3 Å². The van der Waals surface area contributed by atoms with Gasteiger partial charge in [-0.2, -0.15) is 0 Å². The highest BCUT2D eigenvalue weighted by Crippen LogP contribution is 2.27. The second kappa shape index (κ2) is 7.95. The summed E-state index contributed by atoms with van der Waals surface area (Å²) in [4.78, 5) is 0. The van der Waals surface area contributed by atoms with E-state index < -0.39 is 0 Å². The van der Waals surface area contributed by atoms with Crippen LogP contribution >= 0.6 is 0 Å². The third-order valence-electron chi connectivity index (χ3n) is 2.79. The predicted octanol–water partition coefficient (Wildman–Crippen LogP) is 1.87. The molecular formula is C14H23NO3. The SMILES string of the molecule is COCCNC(C)Cc1ccc(OC)c(OC)c1. The largest absolute Gasteiger partial charge is 0.493 e. The van der Waals surface area contributed by atoms with Crippen molar-refractivity contribution in [1.29, 1.82) is 0 Å². The fourth-order valence-corrected chi connectivity index (χ4v) is 1.84. The van der Waals surface area contributed by atoms with Gasteiger partial charge in [-0.25, -0.2) is 0 Å². The standard InChI is InChI=1S/C14H23NO3/c1-11(15-7-8-16-2)9-12-5-6-13(17-3)14(10-12)18-4/h5-6,10-11,15H,7-9H2,1-4H3. The number of hydrogen-bond acceptors (Lipinski definition) is 4. The summed E-state index contributed by atoms with van der Waals surface area (Å²) < 4.78 is 15.5. The van der Waals surface area contributed by atoms with Gasteiger partial charge in [-0.05, 0) is 31.0 Å². The van der Waals surface area contributed by atoms with Gasteiger partial charge in [-0.1, -0.05) is 6.07 Å². The van der Waals surface area contributed by atoms with Crippen molar-refractivity contribution < 1.29 is 14.2 Å². The minimum absolute atomic E-state index is 0.401. The van der Waals surface area contributed by atoms with Gasteiger partial charge in [0.15, 0.2) is 11.5 Å². The molecule has 0 heterocycles. The summed E-state index contributed by atoms with van der Waals surface area (Å²) in [6.45, 7) is 3.76. The Kier molecular flexibility index (Phi) is 6.54. The summed E-state index contributed by atoms with van der Waals surface area (Å²) in [7, 11) is 5.01. The quantitative estimate of drug-likeness (QED) is 0.718. The maximum atomic E-state index is 5.29. The minimum atomic E-state index is 0.401. The number of rotatable bonds is 8. The molecule has 1 rings (SSSR count). The summed E-state index contributed by atoms with van der Waals surface area (Å²) in [5, 5.41) is 3.40. The van der Waals surface area contributed by atoms with Gasteiger partial charge in [0.25, 0.3) is 0 Å². The van der Waals surface area contributed by atoms with Crippen LogP contribution in [0.15, 0.2) is 18.2 Å². The minimum Gasteiger partial charge on any atom is -0.493 e. The molecule has 0 aliphatic rings. The van der Waals surface area contributed by atoms with Gasteiger partial charge in [-0.15, -0.1) is 0 Å². The fraction of sp³-hybridized carbons (Fsp3) is 0.571. The average molecular weight is 253 g/mol. The molecule has 4 heteroatoms. The highest BCUT2D eigenvalue weighted by Gasteiger charge is 2.07. The molecule has 0 radical (unpaired) electrons. The van der Waals surface area contributed by atoms with Crippen molar-refractivity contribution in [3.8, 4) is 11.5 Å². The lowest BCUT2D eigenvalue weighted by Crippen LogP contribution is -2.30. The van der Waals surface area contributed by atoms with Crippen molar-refractivity contribution in [2.24, 2.45) is 0 Å². The molecular weight excluding hydrogens is 230 g/mol.